The number of esters is 1. The van der Waals surface area contributed by atoms with E-state index in [2.05, 4.69) is 4.98 Å². The fraction of sp³-hybridized carbons (Fsp3) is 0.105. The van der Waals surface area contributed by atoms with Gasteiger partial charge in [-0.2, -0.15) is 0 Å². The smallest absolute Gasteiger partial charge is 0.331 e. The highest BCUT2D eigenvalue weighted by atomic mass is 32.2. The van der Waals surface area contributed by atoms with E-state index in [-0.39, 0.29) is 12.2 Å². The minimum atomic E-state index is -0.477. The molecule has 0 aliphatic carbocycles. The van der Waals surface area contributed by atoms with Gasteiger partial charge in [0.05, 0.1) is 5.69 Å². The van der Waals surface area contributed by atoms with Crippen LogP contribution in [0.2, 0.25) is 0 Å². The summed E-state index contributed by atoms with van der Waals surface area (Å²) in [6, 6.07) is 16.5. The van der Waals surface area contributed by atoms with E-state index in [0.29, 0.717) is 11.3 Å². The summed E-state index contributed by atoms with van der Waals surface area (Å²) in [6.07, 6.45) is 1.36. The van der Waals surface area contributed by atoms with Crippen molar-refractivity contribution < 1.29 is 9.53 Å². The number of fused-ring (bicyclic) bond motifs is 1. The molecule has 5 nitrogen and oxygen atoms in total. The van der Waals surface area contributed by atoms with E-state index in [9.17, 15) is 9.59 Å². The van der Waals surface area contributed by atoms with Crippen LogP contribution in [0.25, 0.3) is 5.65 Å². The standard InChI is InChI=1S/C19H16N2O3S/c1-14-6-5-9-17-20-15(12-18(22)21(14)17)13-24-19(23)10-11-25-16-7-3-2-4-8-16/h2-12H,13H2,1H3/b11-10+. The van der Waals surface area contributed by atoms with Gasteiger partial charge in [0.1, 0.15) is 12.3 Å². The minimum Gasteiger partial charge on any atom is -0.456 e. The quantitative estimate of drug-likeness (QED) is 0.400. The Bertz CT molecular complexity index is 981. The zero-order chi connectivity index (χ0) is 17.6. The number of carbonyl (C=O) groups excluding carboxylic acids is 1. The predicted molar refractivity (Wildman–Crippen MR) is 97.4 cm³/mol. The van der Waals surface area contributed by atoms with Gasteiger partial charge in [-0.3, -0.25) is 9.20 Å². The Kier molecular flexibility index (Phi) is 5.30. The summed E-state index contributed by atoms with van der Waals surface area (Å²) < 4.78 is 6.67. The van der Waals surface area contributed by atoms with Gasteiger partial charge in [0.25, 0.3) is 5.56 Å². The van der Waals surface area contributed by atoms with Crippen LogP contribution in [0.3, 0.4) is 0 Å². The first-order valence-electron chi connectivity index (χ1n) is 7.67. The zero-order valence-corrected chi connectivity index (χ0v) is 14.4. The van der Waals surface area contributed by atoms with Crippen LogP contribution in [0, 0.1) is 6.92 Å². The normalized spacial score (nSPS) is 11.1. The fourth-order valence-electron chi connectivity index (χ4n) is 2.30. The number of aryl methyl sites for hydroxylation is 1. The van der Waals surface area contributed by atoms with Crippen LogP contribution in [0.15, 0.2) is 75.8 Å². The lowest BCUT2D eigenvalue weighted by molar-refractivity contribution is -0.139. The van der Waals surface area contributed by atoms with Gasteiger partial charge >= 0.3 is 5.97 Å². The second-order valence-corrected chi connectivity index (χ2v) is 6.27. The van der Waals surface area contributed by atoms with Gasteiger partial charge in [0.2, 0.25) is 0 Å². The van der Waals surface area contributed by atoms with Crippen LogP contribution >= 0.6 is 11.8 Å². The van der Waals surface area contributed by atoms with Gasteiger partial charge in [0.15, 0.2) is 0 Å². The first kappa shape index (κ1) is 17.0. The molecule has 0 radical (unpaired) electrons. The monoisotopic (exact) mass is 352 g/mol. The number of thioether (sulfide) groups is 1. The number of hydrogen-bond donors (Lipinski definition) is 0. The highest BCUT2D eigenvalue weighted by Crippen LogP contribution is 2.17. The molecule has 3 rings (SSSR count). The molecule has 0 saturated heterocycles. The van der Waals surface area contributed by atoms with Crippen molar-refractivity contribution in [2.75, 3.05) is 0 Å². The summed E-state index contributed by atoms with van der Waals surface area (Å²) in [6.45, 7) is 1.80. The maximum Gasteiger partial charge on any atom is 0.331 e. The summed E-state index contributed by atoms with van der Waals surface area (Å²) in [5, 5.41) is 1.67. The number of pyridine rings is 1. The molecule has 0 unspecified atom stereocenters. The molecule has 1 aromatic carbocycles. The predicted octanol–water partition coefficient (Wildman–Crippen LogP) is 3.35. The number of benzene rings is 1. The van der Waals surface area contributed by atoms with Crippen molar-refractivity contribution in [2.45, 2.75) is 18.4 Å². The Labute approximate surface area is 149 Å². The van der Waals surface area contributed by atoms with Crippen molar-refractivity contribution in [3.05, 3.63) is 87.8 Å². The summed E-state index contributed by atoms with van der Waals surface area (Å²) in [4.78, 5) is 29.3. The van der Waals surface area contributed by atoms with E-state index in [1.807, 2.05) is 49.4 Å². The van der Waals surface area contributed by atoms with E-state index in [0.717, 1.165) is 10.6 Å². The number of aromatic nitrogens is 2. The third-order valence-corrected chi connectivity index (χ3v) is 4.26. The molecule has 2 aromatic heterocycles. The Morgan fingerprint density at radius 2 is 2.00 bits per heavy atom. The molecule has 0 saturated carbocycles. The molecular weight excluding hydrogens is 336 g/mol. The topological polar surface area (TPSA) is 60.7 Å². The second-order valence-electron chi connectivity index (χ2n) is 5.29. The maximum absolute atomic E-state index is 12.2. The lowest BCUT2D eigenvalue weighted by atomic mass is 10.3. The molecule has 6 heteroatoms. The van der Waals surface area contributed by atoms with Crippen LogP contribution in [-0.4, -0.2) is 15.4 Å². The molecule has 0 N–H and O–H groups in total. The van der Waals surface area contributed by atoms with Crippen LogP contribution in [-0.2, 0) is 16.1 Å². The zero-order valence-electron chi connectivity index (χ0n) is 13.6. The lowest BCUT2D eigenvalue weighted by Crippen LogP contribution is -2.18. The molecule has 25 heavy (non-hydrogen) atoms. The molecular formula is C19H16N2O3S. The first-order valence-corrected chi connectivity index (χ1v) is 8.55. The Morgan fingerprint density at radius 3 is 2.80 bits per heavy atom. The minimum absolute atomic E-state index is 0.0428. The van der Waals surface area contributed by atoms with E-state index in [4.69, 9.17) is 4.74 Å². The van der Waals surface area contributed by atoms with Crippen molar-refractivity contribution in [3.8, 4) is 0 Å². The molecule has 0 fully saturated rings. The van der Waals surface area contributed by atoms with Crippen LogP contribution < -0.4 is 5.56 Å². The number of rotatable bonds is 5. The Balaban J connectivity index is 1.62. The van der Waals surface area contributed by atoms with Crippen molar-refractivity contribution in [2.24, 2.45) is 0 Å². The summed E-state index contributed by atoms with van der Waals surface area (Å²) in [7, 11) is 0. The van der Waals surface area contributed by atoms with Gasteiger partial charge in [-0.1, -0.05) is 36.0 Å². The summed E-state index contributed by atoms with van der Waals surface area (Å²) >= 11 is 1.43. The Morgan fingerprint density at radius 1 is 1.20 bits per heavy atom. The molecule has 0 bridgehead atoms. The van der Waals surface area contributed by atoms with Gasteiger partial charge in [-0.05, 0) is 36.6 Å². The van der Waals surface area contributed by atoms with E-state index < -0.39 is 5.97 Å². The molecule has 0 amide bonds. The van der Waals surface area contributed by atoms with Crippen LogP contribution in [0.4, 0.5) is 0 Å². The van der Waals surface area contributed by atoms with Gasteiger partial charge < -0.3 is 4.74 Å². The summed E-state index contributed by atoms with van der Waals surface area (Å²) in [5.74, 6) is -0.477. The van der Waals surface area contributed by atoms with Gasteiger partial charge in [-0.15, -0.1) is 0 Å². The van der Waals surface area contributed by atoms with Gasteiger partial charge in [-0.25, -0.2) is 9.78 Å². The van der Waals surface area contributed by atoms with Crippen molar-refractivity contribution in [1.82, 2.24) is 9.38 Å². The number of carbonyl (C=O) groups is 1. The van der Waals surface area contributed by atoms with Gasteiger partial charge in [0, 0.05) is 22.7 Å². The second kappa shape index (κ2) is 7.81. The van der Waals surface area contributed by atoms with Crippen molar-refractivity contribution in [3.63, 3.8) is 0 Å². The Hall–Kier alpha value is -2.86. The number of ether oxygens (including phenoxy) is 1. The number of nitrogens with zero attached hydrogens (tertiary/aromatic N) is 2. The average Bonchev–Trinajstić information content (AvgIpc) is 2.61. The third kappa shape index (κ3) is 4.36. The first-order chi connectivity index (χ1) is 12.1. The maximum atomic E-state index is 12.2. The number of hydrogen-bond acceptors (Lipinski definition) is 5. The summed E-state index contributed by atoms with van der Waals surface area (Å²) in [5.41, 5.74) is 1.57. The van der Waals surface area contributed by atoms with Crippen LogP contribution in [0.5, 0.6) is 0 Å². The van der Waals surface area contributed by atoms with E-state index >= 15 is 0 Å². The van der Waals surface area contributed by atoms with Crippen molar-refractivity contribution in [1.29, 1.82) is 0 Å². The van der Waals surface area contributed by atoms with Crippen LogP contribution in [0.1, 0.15) is 11.4 Å². The third-order valence-electron chi connectivity index (χ3n) is 3.45. The molecule has 0 spiro atoms. The largest absolute Gasteiger partial charge is 0.456 e. The van der Waals surface area contributed by atoms with E-state index in [1.54, 1.807) is 11.5 Å². The molecule has 0 aliphatic rings. The molecule has 0 aliphatic heterocycles. The fourth-order valence-corrected chi connectivity index (χ4v) is 2.95. The highest BCUT2D eigenvalue weighted by molar-refractivity contribution is 8.02. The van der Waals surface area contributed by atoms with Crippen molar-refractivity contribution >= 4 is 23.4 Å². The average molecular weight is 352 g/mol. The molecule has 3 aromatic rings. The SMILES string of the molecule is Cc1cccc2nc(COC(=O)/C=C/Sc3ccccc3)cc(=O)n12. The molecule has 0 atom stereocenters. The van der Waals surface area contributed by atoms with E-state index in [1.165, 1.54) is 28.3 Å². The molecule has 126 valence electrons. The lowest BCUT2D eigenvalue weighted by Gasteiger charge is -2.06. The highest BCUT2D eigenvalue weighted by Gasteiger charge is 2.06. The molecule has 2 heterocycles.